The highest BCUT2D eigenvalue weighted by Gasteiger charge is 2.26. The highest BCUT2D eigenvalue weighted by atomic mass is 16.5. The Morgan fingerprint density at radius 2 is 1.09 bits per heavy atom. The Kier molecular flexibility index (Phi) is 11.0. The lowest BCUT2D eigenvalue weighted by Crippen LogP contribution is -2.25. The Bertz CT molecular complexity index is 3520. The number of hydrogen-bond donors (Lipinski definition) is 2. The van der Waals surface area contributed by atoms with Crippen molar-refractivity contribution in [2.45, 2.75) is 46.5 Å². The predicted molar refractivity (Wildman–Crippen MR) is 276 cm³/mol. The fourth-order valence-electron chi connectivity index (χ4n) is 9.71. The fraction of sp³-hybridized carbons (Fsp3) is 0.161. The van der Waals surface area contributed by atoms with Gasteiger partial charge in [0, 0.05) is 50.4 Å². The maximum atomic E-state index is 12.8. The van der Waals surface area contributed by atoms with Crippen LogP contribution in [0.3, 0.4) is 0 Å². The zero-order valence-corrected chi connectivity index (χ0v) is 38.3. The number of benzene rings is 9. The number of hydrogen-bond acceptors (Lipinski definition) is 4. The van der Waals surface area contributed by atoms with Crippen molar-refractivity contribution in [3.05, 3.63) is 191 Å². The molecule has 0 saturated carbocycles. The van der Waals surface area contributed by atoms with Crippen LogP contribution in [-0.4, -0.2) is 23.4 Å². The summed E-state index contributed by atoms with van der Waals surface area (Å²) in [6.07, 6.45) is 6.71. The van der Waals surface area contributed by atoms with Crippen LogP contribution in [-0.2, 0) is 11.8 Å². The molecular weight excluding hydrogens is 809 g/mol. The first-order chi connectivity index (χ1) is 32.0. The van der Waals surface area contributed by atoms with Gasteiger partial charge in [-0.2, -0.15) is 0 Å². The van der Waals surface area contributed by atoms with Crippen LogP contribution in [0.25, 0.3) is 89.5 Å². The minimum Gasteiger partial charge on any atom is -0.507 e. The van der Waals surface area contributed by atoms with E-state index in [0.29, 0.717) is 36.7 Å². The van der Waals surface area contributed by atoms with E-state index in [1.807, 2.05) is 73.7 Å². The molecule has 0 spiro atoms. The minimum atomic E-state index is -0.230. The van der Waals surface area contributed by atoms with Crippen LogP contribution in [0.15, 0.2) is 164 Å². The van der Waals surface area contributed by atoms with Gasteiger partial charge in [-0.1, -0.05) is 156 Å². The molecule has 0 fully saturated rings. The number of phenolic OH excluding ortho intramolecular Hbond substituents is 2. The summed E-state index contributed by atoms with van der Waals surface area (Å²) in [6.45, 7) is 16.1. The summed E-state index contributed by atoms with van der Waals surface area (Å²) < 4.78 is 13.4. The molecule has 0 radical (unpaired) electrons. The molecule has 4 heteroatoms. The summed E-state index contributed by atoms with van der Waals surface area (Å²) >= 11 is 0. The number of rotatable bonds is 2. The molecule has 1 aliphatic heterocycles. The average molecular weight is 863 g/mol. The molecule has 0 saturated heterocycles. The van der Waals surface area contributed by atoms with Gasteiger partial charge >= 0.3 is 0 Å². The van der Waals surface area contributed by atoms with E-state index in [4.69, 9.17) is 9.47 Å². The largest absolute Gasteiger partial charge is 0.507 e. The number of allylic oxidation sites excluding steroid dienone is 2. The average Bonchev–Trinajstić information content (AvgIpc) is 3.31. The van der Waals surface area contributed by atoms with E-state index >= 15 is 0 Å². The Balaban J connectivity index is 1.30. The van der Waals surface area contributed by atoms with E-state index in [-0.39, 0.29) is 22.8 Å². The lowest BCUT2D eigenvalue weighted by atomic mass is 9.81. The highest BCUT2D eigenvalue weighted by Crippen LogP contribution is 2.49. The van der Waals surface area contributed by atoms with Crippen LogP contribution in [0.4, 0.5) is 0 Å². The Morgan fingerprint density at radius 1 is 0.561 bits per heavy atom. The van der Waals surface area contributed by atoms with E-state index in [0.717, 1.165) is 98.4 Å². The Morgan fingerprint density at radius 3 is 1.74 bits per heavy atom. The summed E-state index contributed by atoms with van der Waals surface area (Å²) in [7, 11) is 0. The van der Waals surface area contributed by atoms with E-state index in [2.05, 4.69) is 137 Å². The number of ether oxygens (including phenoxy) is 2. The molecule has 4 nitrogen and oxygen atoms in total. The van der Waals surface area contributed by atoms with E-state index < -0.39 is 0 Å². The lowest BCUT2D eigenvalue weighted by molar-refractivity contribution is 0.189. The summed E-state index contributed by atoms with van der Waals surface area (Å²) in [4.78, 5) is 0. The standard InChI is InChI=1S/C62H54O4/c1-7-8-21-45-39(3)29-41-18-9-11-22-46(41)58(45)54-32-40-30-42-20-17-26-50-51(42)33-43-19-10-12-23-47(43)59(50)55-35-44(62(4,5)6)34-53(61(55)64)49-25-14-16-28-57(49)66-37-38(2)36-65-56-27-15-13-24-48(56)52(31-40)60(54)63/h7-29,31-35,38,63-64H,3,30,36-37H2,1-2,4-6H3. The summed E-state index contributed by atoms with van der Waals surface area (Å²) in [5, 5.41) is 33.7. The van der Waals surface area contributed by atoms with E-state index in [1.54, 1.807) is 0 Å². The predicted octanol–water partition coefficient (Wildman–Crippen LogP) is 14.3. The van der Waals surface area contributed by atoms with Crippen molar-refractivity contribution < 1.29 is 19.7 Å². The third-order valence-corrected chi connectivity index (χ3v) is 13.1. The van der Waals surface area contributed by atoms with Crippen molar-refractivity contribution in [2.24, 2.45) is 5.92 Å². The van der Waals surface area contributed by atoms with Crippen LogP contribution in [0, 0.1) is 5.92 Å². The molecule has 2 N–H and O–H groups in total. The monoisotopic (exact) mass is 862 g/mol. The van der Waals surface area contributed by atoms with Crippen molar-refractivity contribution in [2.75, 3.05) is 13.2 Å². The van der Waals surface area contributed by atoms with Crippen LogP contribution < -0.4 is 19.9 Å². The van der Waals surface area contributed by atoms with Gasteiger partial charge in [0.2, 0.25) is 0 Å². The highest BCUT2D eigenvalue weighted by molar-refractivity contribution is 6.15. The normalized spacial score (nSPS) is 14.6. The molecule has 9 aromatic rings. The van der Waals surface area contributed by atoms with Gasteiger partial charge < -0.3 is 19.7 Å². The van der Waals surface area contributed by atoms with Crippen molar-refractivity contribution >= 4 is 45.0 Å². The van der Waals surface area contributed by atoms with Gasteiger partial charge in [0.25, 0.3) is 0 Å². The van der Waals surface area contributed by atoms with Gasteiger partial charge in [-0.15, -0.1) is 0 Å². The molecule has 8 bridgehead atoms. The molecular formula is C62H54O4. The minimum absolute atomic E-state index is 0.0119. The molecule has 1 atom stereocenters. The third kappa shape index (κ3) is 7.66. The molecule has 0 amide bonds. The topological polar surface area (TPSA) is 58.9 Å². The molecule has 1 unspecified atom stereocenters. The third-order valence-electron chi connectivity index (χ3n) is 13.1. The molecule has 0 aromatic heterocycles. The van der Waals surface area contributed by atoms with Gasteiger partial charge in [0.15, 0.2) is 0 Å². The molecule has 66 heavy (non-hydrogen) atoms. The smallest absolute Gasteiger partial charge is 0.131 e. The van der Waals surface area contributed by atoms with Gasteiger partial charge in [0.05, 0.1) is 13.2 Å². The quantitative estimate of drug-likeness (QED) is 0.170. The van der Waals surface area contributed by atoms with Gasteiger partial charge in [0.1, 0.15) is 23.0 Å². The molecule has 10 rings (SSSR count). The summed E-state index contributed by atoms with van der Waals surface area (Å²) in [5.74, 6) is 1.74. The number of aromatic hydroxyl groups is 2. The first-order valence-corrected chi connectivity index (χ1v) is 22.9. The second-order valence-electron chi connectivity index (χ2n) is 18.8. The van der Waals surface area contributed by atoms with Crippen molar-refractivity contribution in [1.29, 1.82) is 0 Å². The SMILES string of the molecule is C=c1cc2ccccc2c(-c2cc3cc(c2O)-c2ccccc2OCC(C)COc2ccccc2-c2cc(C(C)(C)C)cc(c2O)-c2c4ccccc4cc4c(cccc24)C3)c1=CC=CC. The van der Waals surface area contributed by atoms with Crippen molar-refractivity contribution in [3.8, 4) is 67.5 Å². The molecule has 1 heterocycles. The number of para-hydroxylation sites is 2. The Labute approximate surface area is 387 Å². The van der Waals surface area contributed by atoms with Gasteiger partial charge in [-0.25, -0.2) is 0 Å². The molecule has 326 valence electrons. The zero-order chi connectivity index (χ0) is 45.7. The van der Waals surface area contributed by atoms with E-state index in [9.17, 15) is 10.2 Å². The first kappa shape index (κ1) is 42.4. The fourth-order valence-corrected chi connectivity index (χ4v) is 9.71. The molecule has 0 aliphatic carbocycles. The maximum Gasteiger partial charge on any atom is 0.131 e. The maximum absolute atomic E-state index is 12.8. The van der Waals surface area contributed by atoms with Gasteiger partial charge in [-0.05, 0) is 127 Å². The van der Waals surface area contributed by atoms with Crippen LogP contribution in [0.5, 0.6) is 23.0 Å². The lowest BCUT2D eigenvalue weighted by Gasteiger charge is -2.25. The van der Waals surface area contributed by atoms with Crippen molar-refractivity contribution in [3.63, 3.8) is 0 Å². The summed E-state index contributed by atoms with van der Waals surface area (Å²) in [5.41, 5.74) is 9.47. The van der Waals surface area contributed by atoms with Crippen molar-refractivity contribution in [1.82, 2.24) is 0 Å². The van der Waals surface area contributed by atoms with E-state index in [1.165, 1.54) is 0 Å². The van der Waals surface area contributed by atoms with Crippen LogP contribution >= 0.6 is 0 Å². The second kappa shape index (κ2) is 17.1. The second-order valence-corrected chi connectivity index (χ2v) is 18.8. The Hall–Kier alpha value is -7.56. The first-order valence-electron chi connectivity index (χ1n) is 22.9. The molecule has 1 aliphatic rings. The zero-order valence-electron chi connectivity index (χ0n) is 38.3. The van der Waals surface area contributed by atoms with Crippen LogP contribution in [0.2, 0.25) is 0 Å². The number of fused-ring (bicyclic) bond motifs is 12. The van der Waals surface area contributed by atoms with Crippen LogP contribution in [0.1, 0.15) is 51.3 Å². The summed E-state index contributed by atoms with van der Waals surface area (Å²) in [6, 6.07) is 52.3. The molecule has 9 aromatic carbocycles. The number of phenols is 2. The van der Waals surface area contributed by atoms with Gasteiger partial charge in [-0.3, -0.25) is 0 Å².